The van der Waals surface area contributed by atoms with Crippen molar-refractivity contribution < 1.29 is 18.0 Å². The molecule has 1 rings (SSSR count). The Kier molecular flexibility index (Phi) is 5.47. The van der Waals surface area contributed by atoms with Crippen molar-refractivity contribution in [3.8, 4) is 0 Å². The van der Waals surface area contributed by atoms with Crippen molar-refractivity contribution in [1.82, 2.24) is 0 Å². The Labute approximate surface area is 113 Å². The van der Waals surface area contributed by atoms with Gasteiger partial charge in [-0.2, -0.15) is 13.2 Å². The van der Waals surface area contributed by atoms with Gasteiger partial charge in [-0.1, -0.05) is 29.3 Å². The Morgan fingerprint density at radius 3 is 2.22 bits per heavy atom. The molecule has 1 aromatic carbocycles. The normalized spacial score (nSPS) is 11.6. The predicted octanol–water partition coefficient (Wildman–Crippen LogP) is 4.84. The molecule has 100 valence electrons. The third-order valence-electron chi connectivity index (χ3n) is 2.35. The second-order valence-corrected chi connectivity index (χ2v) is 4.70. The average molecular weight is 299 g/mol. The van der Waals surface area contributed by atoms with Gasteiger partial charge < -0.3 is 0 Å². The molecule has 0 aliphatic rings. The summed E-state index contributed by atoms with van der Waals surface area (Å²) in [5.74, 6) is -0.297. The Morgan fingerprint density at radius 1 is 1.17 bits per heavy atom. The van der Waals surface area contributed by atoms with Crippen molar-refractivity contribution in [3.63, 3.8) is 0 Å². The van der Waals surface area contributed by atoms with Gasteiger partial charge in [0.25, 0.3) is 0 Å². The zero-order chi connectivity index (χ0) is 13.8. The summed E-state index contributed by atoms with van der Waals surface area (Å²) in [5.41, 5.74) is 0.470. The summed E-state index contributed by atoms with van der Waals surface area (Å²) >= 11 is 11.7. The molecule has 0 heterocycles. The van der Waals surface area contributed by atoms with Gasteiger partial charge in [0, 0.05) is 29.3 Å². The highest BCUT2D eigenvalue weighted by Crippen LogP contribution is 2.26. The number of carbonyl (C=O) groups excluding carboxylic acids is 1. The van der Waals surface area contributed by atoms with Gasteiger partial charge >= 0.3 is 6.18 Å². The zero-order valence-corrected chi connectivity index (χ0v) is 10.9. The van der Waals surface area contributed by atoms with E-state index in [2.05, 4.69) is 0 Å². The molecular formula is C12H11Cl2F3O. The van der Waals surface area contributed by atoms with Crippen LogP contribution >= 0.6 is 23.2 Å². The molecule has 0 spiro atoms. The van der Waals surface area contributed by atoms with E-state index in [0.717, 1.165) is 0 Å². The van der Waals surface area contributed by atoms with Gasteiger partial charge in [-0.05, 0) is 24.1 Å². The van der Waals surface area contributed by atoms with Crippen molar-refractivity contribution >= 4 is 29.0 Å². The first-order valence-electron chi connectivity index (χ1n) is 5.31. The zero-order valence-electron chi connectivity index (χ0n) is 9.36. The number of carbonyl (C=O) groups is 1. The van der Waals surface area contributed by atoms with E-state index in [0.29, 0.717) is 15.6 Å². The molecular weight excluding hydrogens is 288 g/mol. The van der Waals surface area contributed by atoms with Crippen LogP contribution in [0.1, 0.15) is 24.8 Å². The Bertz CT molecular complexity index is 410. The summed E-state index contributed by atoms with van der Waals surface area (Å²) in [7, 11) is 0. The first-order chi connectivity index (χ1) is 8.29. The fourth-order valence-electron chi connectivity index (χ4n) is 1.47. The fraction of sp³-hybridized carbons (Fsp3) is 0.417. The van der Waals surface area contributed by atoms with Crippen LogP contribution in [0.2, 0.25) is 10.0 Å². The quantitative estimate of drug-likeness (QED) is 0.760. The van der Waals surface area contributed by atoms with E-state index in [4.69, 9.17) is 23.2 Å². The summed E-state index contributed by atoms with van der Waals surface area (Å²) in [6.07, 6.45) is -5.53. The van der Waals surface area contributed by atoms with Crippen molar-refractivity contribution in [1.29, 1.82) is 0 Å². The van der Waals surface area contributed by atoms with E-state index in [9.17, 15) is 18.0 Å². The number of Topliss-reactive ketones (excluding diaryl/α,β-unsaturated/α-hetero) is 1. The lowest BCUT2D eigenvalue weighted by molar-refractivity contribution is -0.137. The van der Waals surface area contributed by atoms with E-state index >= 15 is 0 Å². The smallest absolute Gasteiger partial charge is 0.299 e. The maximum Gasteiger partial charge on any atom is 0.389 e. The lowest BCUT2D eigenvalue weighted by atomic mass is 10.0. The number of halogens is 5. The number of hydrogen-bond donors (Lipinski definition) is 0. The minimum atomic E-state index is -4.22. The van der Waals surface area contributed by atoms with E-state index in [1.165, 1.54) is 0 Å². The van der Waals surface area contributed by atoms with Crippen molar-refractivity contribution in [2.75, 3.05) is 0 Å². The first-order valence-corrected chi connectivity index (χ1v) is 6.06. The van der Waals surface area contributed by atoms with Crippen LogP contribution in [-0.4, -0.2) is 12.0 Å². The number of rotatable bonds is 5. The average Bonchev–Trinajstić information content (AvgIpc) is 2.22. The molecule has 0 aliphatic carbocycles. The molecule has 1 aromatic rings. The third-order valence-corrected chi connectivity index (χ3v) is 3.06. The Morgan fingerprint density at radius 2 is 1.72 bits per heavy atom. The minimum Gasteiger partial charge on any atom is -0.299 e. The molecule has 0 saturated carbocycles. The van der Waals surface area contributed by atoms with Crippen LogP contribution in [0.4, 0.5) is 13.2 Å². The van der Waals surface area contributed by atoms with Crippen LogP contribution in [0.15, 0.2) is 18.2 Å². The van der Waals surface area contributed by atoms with Gasteiger partial charge in [0.2, 0.25) is 0 Å². The van der Waals surface area contributed by atoms with Gasteiger partial charge in [-0.15, -0.1) is 0 Å². The molecule has 0 N–H and O–H groups in total. The molecule has 0 unspecified atom stereocenters. The number of hydrogen-bond acceptors (Lipinski definition) is 1. The molecule has 0 aromatic heterocycles. The van der Waals surface area contributed by atoms with E-state index in [1.807, 2.05) is 0 Å². The Hall–Kier alpha value is -0.740. The van der Waals surface area contributed by atoms with Gasteiger partial charge in [0.05, 0.1) is 0 Å². The van der Waals surface area contributed by atoms with Crippen molar-refractivity contribution in [2.45, 2.75) is 31.9 Å². The maximum atomic E-state index is 11.9. The minimum absolute atomic E-state index is 0.0314. The SMILES string of the molecule is O=C(CCCC(F)(F)F)Cc1c(Cl)cccc1Cl. The summed E-state index contributed by atoms with van der Waals surface area (Å²) in [5, 5.41) is 0.707. The van der Waals surface area contributed by atoms with Crippen LogP contribution in [-0.2, 0) is 11.2 Å². The lowest BCUT2D eigenvalue weighted by Crippen LogP contribution is -2.09. The van der Waals surface area contributed by atoms with E-state index in [-0.39, 0.29) is 25.0 Å². The predicted molar refractivity (Wildman–Crippen MR) is 65.1 cm³/mol. The van der Waals surface area contributed by atoms with E-state index < -0.39 is 12.6 Å². The molecule has 0 saturated heterocycles. The van der Waals surface area contributed by atoms with Gasteiger partial charge in [-0.3, -0.25) is 4.79 Å². The molecule has 18 heavy (non-hydrogen) atoms. The summed E-state index contributed by atoms with van der Waals surface area (Å²) in [4.78, 5) is 11.5. The molecule has 0 atom stereocenters. The summed E-state index contributed by atoms with van der Waals surface area (Å²) in [6, 6.07) is 4.82. The largest absolute Gasteiger partial charge is 0.389 e. The second-order valence-electron chi connectivity index (χ2n) is 3.88. The van der Waals surface area contributed by atoms with Gasteiger partial charge in [-0.25, -0.2) is 0 Å². The first kappa shape index (κ1) is 15.3. The molecule has 0 aliphatic heterocycles. The molecule has 6 heteroatoms. The molecule has 0 fully saturated rings. The van der Waals surface area contributed by atoms with Crippen LogP contribution in [0.25, 0.3) is 0 Å². The van der Waals surface area contributed by atoms with Crippen LogP contribution in [0.5, 0.6) is 0 Å². The highest BCUT2D eigenvalue weighted by Gasteiger charge is 2.26. The lowest BCUT2D eigenvalue weighted by Gasteiger charge is -2.07. The van der Waals surface area contributed by atoms with Crippen LogP contribution < -0.4 is 0 Å². The second kappa shape index (κ2) is 6.43. The standard InChI is InChI=1S/C12H11Cl2F3O/c13-10-4-1-5-11(14)9(10)7-8(18)3-2-6-12(15,16)17/h1,4-5H,2-3,6-7H2. The third kappa shape index (κ3) is 5.27. The molecule has 0 amide bonds. The topological polar surface area (TPSA) is 17.1 Å². The highest BCUT2D eigenvalue weighted by atomic mass is 35.5. The monoisotopic (exact) mass is 298 g/mol. The summed E-state index contributed by atoms with van der Waals surface area (Å²) < 4.78 is 35.7. The number of ketones is 1. The van der Waals surface area contributed by atoms with Gasteiger partial charge in [0.15, 0.2) is 0 Å². The summed E-state index contributed by atoms with van der Waals surface area (Å²) in [6.45, 7) is 0. The van der Waals surface area contributed by atoms with Crippen molar-refractivity contribution in [3.05, 3.63) is 33.8 Å². The number of alkyl halides is 3. The van der Waals surface area contributed by atoms with Crippen LogP contribution in [0.3, 0.4) is 0 Å². The maximum absolute atomic E-state index is 11.9. The molecule has 1 nitrogen and oxygen atoms in total. The van der Waals surface area contributed by atoms with Crippen molar-refractivity contribution in [2.24, 2.45) is 0 Å². The fourth-order valence-corrected chi connectivity index (χ4v) is 2.00. The number of benzene rings is 1. The molecule has 0 bridgehead atoms. The highest BCUT2D eigenvalue weighted by molar-refractivity contribution is 6.36. The van der Waals surface area contributed by atoms with Crippen LogP contribution in [0, 0.1) is 0 Å². The molecule has 0 radical (unpaired) electrons. The van der Waals surface area contributed by atoms with Gasteiger partial charge in [0.1, 0.15) is 5.78 Å². The Balaban J connectivity index is 2.50. The van der Waals surface area contributed by atoms with E-state index in [1.54, 1.807) is 18.2 Å².